The van der Waals surface area contributed by atoms with Crippen LogP contribution in [0.5, 0.6) is 11.5 Å². The third kappa shape index (κ3) is 3.34. The Bertz CT molecular complexity index is 484. The van der Waals surface area contributed by atoms with Gasteiger partial charge >= 0.3 is 0 Å². The van der Waals surface area contributed by atoms with Gasteiger partial charge in [0.25, 0.3) is 5.91 Å². The van der Waals surface area contributed by atoms with E-state index in [1.165, 1.54) is 6.42 Å². The summed E-state index contributed by atoms with van der Waals surface area (Å²) < 4.78 is 10.7. The number of rotatable bonds is 4. The Morgan fingerprint density at radius 1 is 1.19 bits per heavy atom. The van der Waals surface area contributed by atoms with Gasteiger partial charge in [0.2, 0.25) is 0 Å². The van der Waals surface area contributed by atoms with Crippen molar-refractivity contribution < 1.29 is 14.3 Å². The Morgan fingerprint density at radius 2 is 1.76 bits per heavy atom. The van der Waals surface area contributed by atoms with Crippen molar-refractivity contribution >= 4 is 21.8 Å². The van der Waals surface area contributed by atoms with E-state index in [1.54, 1.807) is 26.4 Å². The maximum Gasteiger partial charge on any atom is 0.261 e. The lowest BCUT2D eigenvalue weighted by Gasteiger charge is -2.35. The number of hydrogen-bond donors (Lipinski definition) is 0. The number of hydrogen-bond acceptors (Lipinski definition) is 3. The van der Waals surface area contributed by atoms with Gasteiger partial charge < -0.3 is 14.4 Å². The minimum absolute atomic E-state index is 0.0550. The topological polar surface area (TPSA) is 38.8 Å². The molecule has 1 aromatic carbocycles. The zero-order valence-corrected chi connectivity index (χ0v) is 14.4. The molecule has 0 spiro atoms. The maximum atomic E-state index is 12.9. The molecule has 116 valence electrons. The van der Waals surface area contributed by atoms with Crippen molar-refractivity contribution in [3.05, 3.63) is 23.8 Å². The van der Waals surface area contributed by atoms with Gasteiger partial charge in [0.15, 0.2) is 0 Å². The van der Waals surface area contributed by atoms with Crippen LogP contribution in [-0.2, 0) is 0 Å². The number of carbonyl (C=O) groups excluding carboxylic acids is 1. The summed E-state index contributed by atoms with van der Waals surface area (Å²) >= 11 is 3.71. The van der Waals surface area contributed by atoms with Crippen LogP contribution in [0.25, 0.3) is 0 Å². The summed E-state index contributed by atoms with van der Waals surface area (Å²) in [5, 5.41) is 0. The summed E-state index contributed by atoms with van der Waals surface area (Å²) in [6.07, 6.45) is 4.50. The molecule has 2 rings (SSSR count). The zero-order valence-electron chi connectivity index (χ0n) is 12.8. The van der Waals surface area contributed by atoms with Gasteiger partial charge in [0, 0.05) is 17.9 Å². The highest BCUT2D eigenvalue weighted by Crippen LogP contribution is 2.33. The second kappa shape index (κ2) is 7.16. The van der Waals surface area contributed by atoms with Crippen LogP contribution in [0.3, 0.4) is 0 Å². The molecule has 21 heavy (non-hydrogen) atoms. The first-order valence-corrected chi connectivity index (χ1v) is 8.14. The number of ether oxygens (including phenoxy) is 2. The molecule has 5 heteroatoms. The Morgan fingerprint density at radius 3 is 2.29 bits per heavy atom. The van der Waals surface area contributed by atoms with E-state index in [4.69, 9.17) is 9.47 Å². The number of amides is 1. The van der Waals surface area contributed by atoms with Crippen LogP contribution in [-0.4, -0.2) is 42.9 Å². The van der Waals surface area contributed by atoms with Crippen LogP contribution in [0.15, 0.2) is 18.2 Å². The number of halogens is 1. The molecule has 2 atom stereocenters. The molecule has 0 N–H and O–H groups in total. The highest BCUT2D eigenvalue weighted by Gasteiger charge is 2.31. The quantitative estimate of drug-likeness (QED) is 0.776. The van der Waals surface area contributed by atoms with Crippen molar-refractivity contribution in [2.45, 2.75) is 36.6 Å². The normalized spacial score (nSPS) is 21.7. The van der Waals surface area contributed by atoms with Crippen molar-refractivity contribution in [3.63, 3.8) is 0 Å². The molecule has 4 nitrogen and oxygen atoms in total. The van der Waals surface area contributed by atoms with Crippen molar-refractivity contribution in [1.82, 2.24) is 4.90 Å². The average molecular weight is 356 g/mol. The molecule has 0 bridgehead atoms. The van der Waals surface area contributed by atoms with Crippen molar-refractivity contribution in [3.8, 4) is 11.5 Å². The lowest BCUT2D eigenvalue weighted by atomic mass is 9.94. The summed E-state index contributed by atoms with van der Waals surface area (Å²) in [5.41, 5.74) is 0.496. The molecule has 0 radical (unpaired) electrons. The molecule has 1 saturated carbocycles. The van der Waals surface area contributed by atoms with Gasteiger partial charge in [-0.25, -0.2) is 0 Å². The molecular weight excluding hydrogens is 334 g/mol. The summed E-state index contributed by atoms with van der Waals surface area (Å²) in [7, 11) is 5.00. The van der Waals surface area contributed by atoms with E-state index in [0.29, 0.717) is 21.9 Å². The molecule has 1 aliphatic carbocycles. The van der Waals surface area contributed by atoms with E-state index in [2.05, 4.69) is 15.9 Å². The molecule has 1 amide bonds. The molecule has 0 aromatic heterocycles. The molecular formula is C16H22BrNO3. The predicted molar refractivity (Wildman–Crippen MR) is 86.6 cm³/mol. The Kier molecular flexibility index (Phi) is 5.51. The molecule has 0 aliphatic heterocycles. The molecule has 0 heterocycles. The summed E-state index contributed by atoms with van der Waals surface area (Å²) in [5.74, 6) is 1.04. The minimum atomic E-state index is -0.0550. The van der Waals surface area contributed by atoms with Gasteiger partial charge in [-0.15, -0.1) is 0 Å². The molecule has 1 aliphatic rings. The molecule has 1 aromatic rings. The van der Waals surface area contributed by atoms with E-state index >= 15 is 0 Å². The van der Waals surface area contributed by atoms with Gasteiger partial charge in [-0.2, -0.15) is 0 Å². The Balaban J connectivity index is 2.30. The monoisotopic (exact) mass is 355 g/mol. The van der Waals surface area contributed by atoms with Crippen LogP contribution in [0.2, 0.25) is 0 Å². The smallest absolute Gasteiger partial charge is 0.261 e. The van der Waals surface area contributed by atoms with E-state index in [-0.39, 0.29) is 11.9 Å². The third-order valence-corrected chi connectivity index (χ3v) is 5.17. The predicted octanol–water partition coefficient (Wildman–Crippen LogP) is 3.48. The van der Waals surface area contributed by atoms with Crippen LogP contribution in [0.1, 0.15) is 36.0 Å². The highest BCUT2D eigenvalue weighted by molar-refractivity contribution is 9.09. The van der Waals surface area contributed by atoms with Gasteiger partial charge in [0.1, 0.15) is 17.1 Å². The lowest BCUT2D eigenvalue weighted by Crippen LogP contribution is -2.44. The van der Waals surface area contributed by atoms with Gasteiger partial charge in [-0.3, -0.25) is 4.79 Å². The van der Waals surface area contributed by atoms with E-state index < -0.39 is 0 Å². The molecule has 2 unspecified atom stereocenters. The van der Waals surface area contributed by atoms with Crippen LogP contribution in [0.4, 0.5) is 0 Å². The number of alkyl halides is 1. The summed E-state index contributed by atoms with van der Waals surface area (Å²) in [4.78, 5) is 15.1. The number of benzene rings is 1. The first kappa shape index (κ1) is 16.1. The SMILES string of the molecule is COc1cccc(OC)c1C(=O)N(C)C1CCCCC1Br. The van der Waals surface area contributed by atoms with Gasteiger partial charge in [-0.05, 0) is 25.0 Å². The highest BCUT2D eigenvalue weighted by atomic mass is 79.9. The van der Waals surface area contributed by atoms with Crippen molar-refractivity contribution in [1.29, 1.82) is 0 Å². The van der Waals surface area contributed by atoms with Gasteiger partial charge in [-0.1, -0.05) is 34.8 Å². The largest absolute Gasteiger partial charge is 0.496 e. The lowest BCUT2D eigenvalue weighted by molar-refractivity contribution is 0.0698. The minimum Gasteiger partial charge on any atom is -0.496 e. The Labute approximate surface area is 134 Å². The fraction of sp³-hybridized carbons (Fsp3) is 0.562. The standard InChI is InChI=1S/C16H22BrNO3/c1-18(12-8-5-4-7-11(12)17)16(19)15-13(20-2)9-6-10-14(15)21-3/h6,9-12H,4-5,7-8H2,1-3H3. The Hall–Kier alpha value is -1.23. The second-order valence-electron chi connectivity index (χ2n) is 5.32. The van der Waals surface area contributed by atoms with E-state index in [1.807, 2.05) is 18.0 Å². The van der Waals surface area contributed by atoms with Crippen LogP contribution < -0.4 is 9.47 Å². The van der Waals surface area contributed by atoms with Crippen molar-refractivity contribution in [2.75, 3.05) is 21.3 Å². The first-order chi connectivity index (χ1) is 10.1. The number of nitrogens with zero attached hydrogens (tertiary/aromatic N) is 1. The van der Waals surface area contributed by atoms with Crippen molar-refractivity contribution in [2.24, 2.45) is 0 Å². The summed E-state index contributed by atoms with van der Waals surface area (Å²) in [6, 6.07) is 5.61. The fourth-order valence-electron chi connectivity index (χ4n) is 2.89. The fourth-order valence-corrected chi connectivity index (χ4v) is 3.83. The molecule has 0 saturated heterocycles. The van der Waals surface area contributed by atoms with E-state index in [9.17, 15) is 4.79 Å². The summed E-state index contributed by atoms with van der Waals surface area (Å²) in [6.45, 7) is 0. The maximum absolute atomic E-state index is 12.9. The van der Waals surface area contributed by atoms with Gasteiger partial charge in [0.05, 0.1) is 14.2 Å². The van der Waals surface area contributed by atoms with E-state index in [0.717, 1.165) is 19.3 Å². The average Bonchev–Trinajstić information content (AvgIpc) is 2.53. The van der Waals surface area contributed by atoms with Crippen LogP contribution in [0, 0.1) is 0 Å². The molecule has 1 fully saturated rings. The second-order valence-corrected chi connectivity index (χ2v) is 6.50. The number of carbonyl (C=O) groups is 1. The first-order valence-electron chi connectivity index (χ1n) is 7.22. The number of methoxy groups -OCH3 is 2. The zero-order chi connectivity index (χ0) is 15.4. The van der Waals surface area contributed by atoms with Crippen LogP contribution >= 0.6 is 15.9 Å². The third-order valence-electron chi connectivity index (χ3n) is 4.11.